The molecule has 1 fully saturated rings. The van der Waals surface area contributed by atoms with Crippen molar-refractivity contribution in [3.8, 4) is 0 Å². The van der Waals surface area contributed by atoms with Crippen molar-refractivity contribution in [1.82, 2.24) is 9.80 Å². The predicted molar refractivity (Wildman–Crippen MR) is 93.5 cm³/mol. The lowest BCUT2D eigenvalue weighted by Gasteiger charge is -2.34. The largest absolute Gasteiger partial charge is 0.480 e. The molecule has 7 heteroatoms. The second-order valence-electron chi connectivity index (χ2n) is 5.69. The summed E-state index contributed by atoms with van der Waals surface area (Å²) in [4.78, 5) is 16.1. The second kappa shape index (κ2) is 9.49. The van der Waals surface area contributed by atoms with E-state index in [1.165, 1.54) is 4.90 Å². The van der Waals surface area contributed by atoms with Gasteiger partial charge in [-0.1, -0.05) is 11.6 Å². The summed E-state index contributed by atoms with van der Waals surface area (Å²) >= 11 is 7.70. The van der Waals surface area contributed by atoms with E-state index in [2.05, 4.69) is 4.90 Å². The van der Waals surface area contributed by atoms with Gasteiger partial charge in [0, 0.05) is 41.8 Å². The van der Waals surface area contributed by atoms with Crippen LogP contribution in [-0.4, -0.2) is 79.1 Å². The lowest BCUT2D eigenvalue weighted by Crippen LogP contribution is -2.48. The van der Waals surface area contributed by atoms with Gasteiger partial charge in [0.1, 0.15) is 0 Å². The van der Waals surface area contributed by atoms with Crippen molar-refractivity contribution in [3.05, 3.63) is 29.3 Å². The summed E-state index contributed by atoms with van der Waals surface area (Å²) in [5.41, 5.74) is 0. The third kappa shape index (κ3) is 7.10. The summed E-state index contributed by atoms with van der Waals surface area (Å²) in [6.07, 6.45) is 0.0774. The van der Waals surface area contributed by atoms with Crippen molar-refractivity contribution in [2.75, 3.05) is 52.1 Å². The maximum Gasteiger partial charge on any atom is 0.317 e. The Balaban J connectivity index is 1.69. The molecule has 0 saturated carbocycles. The van der Waals surface area contributed by atoms with Crippen molar-refractivity contribution in [1.29, 1.82) is 0 Å². The molecular formula is C16H23ClN2O3S. The molecule has 1 aromatic rings. The van der Waals surface area contributed by atoms with Crippen LogP contribution >= 0.6 is 23.4 Å². The van der Waals surface area contributed by atoms with Crippen LogP contribution in [0.1, 0.15) is 0 Å². The van der Waals surface area contributed by atoms with Gasteiger partial charge in [-0.3, -0.25) is 14.6 Å². The molecule has 1 unspecified atom stereocenters. The molecular weight excluding hydrogens is 336 g/mol. The Morgan fingerprint density at radius 3 is 2.91 bits per heavy atom. The van der Waals surface area contributed by atoms with E-state index in [0.29, 0.717) is 13.2 Å². The van der Waals surface area contributed by atoms with Crippen LogP contribution in [0.2, 0.25) is 5.02 Å². The van der Waals surface area contributed by atoms with Gasteiger partial charge in [-0.25, -0.2) is 0 Å². The first-order valence-corrected chi connectivity index (χ1v) is 9.02. The molecule has 0 spiro atoms. The molecule has 1 heterocycles. The highest BCUT2D eigenvalue weighted by atomic mass is 35.5. The van der Waals surface area contributed by atoms with Crippen LogP contribution in [0.25, 0.3) is 0 Å². The number of likely N-dealkylation sites (N-methyl/N-ethyl adjacent to an activating group) is 1. The van der Waals surface area contributed by atoms with Gasteiger partial charge >= 0.3 is 5.97 Å². The number of morpholine rings is 1. The predicted octanol–water partition coefficient (Wildman–Crippen LogP) is 2.15. The molecule has 0 radical (unpaired) electrons. The molecule has 128 valence electrons. The number of carboxylic acid groups (broad SMARTS) is 1. The summed E-state index contributed by atoms with van der Waals surface area (Å²) in [5, 5.41) is 9.56. The first kappa shape index (κ1) is 18.5. The molecule has 1 aliphatic heterocycles. The number of ether oxygens (including phenoxy) is 1. The highest BCUT2D eigenvalue weighted by Crippen LogP contribution is 2.20. The van der Waals surface area contributed by atoms with Gasteiger partial charge in [-0.15, -0.1) is 11.8 Å². The van der Waals surface area contributed by atoms with Crippen molar-refractivity contribution in [2.24, 2.45) is 0 Å². The Labute approximate surface area is 146 Å². The minimum atomic E-state index is -0.806. The normalized spacial score (nSPS) is 19.2. The molecule has 1 saturated heterocycles. The van der Waals surface area contributed by atoms with E-state index in [1.807, 2.05) is 43.1 Å². The molecule has 23 heavy (non-hydrogen) atoms. The second-order valence-corrected chi connectivity index (χ2v) is 7.29. The SMILES string of the molecule is CN(CC(=O)O)CC1CN(CCSc2ccc(Cl)cc2)CCO1. The minimum absolute atomic E-state index is 0.0479. The maximum absolute atomic E-state index is 10.7. The summed E-state index contributed by atoms with van der Waals surface area (Å²) in [6, 6.07) is 7.89. The van der Waals surface area contributed by atoms with Crippen LogP contribution in [-0.2, 0) is 9.53 Å². The standard InChI is InChI=1S/C16H23ClN2O3S/c1-18(12-16(20)21)10-14-11-19(6-8-22-14)7-9-23-15-4-2-13(17)3-5-15/h2-5,14H,6-12H2,1H3,(H,20,21). The molecule has 0 aliphatic carbocycles. The van der Waals surface area contributed by atoms with E-state index in [9.17, 15) is 4.79 Å². The average molecular weight is 359 g/mol. The molecule has 1 atom stereocenters. The number of nitrogens with zero attached hydrogens (tertiary/aromatic N) is 2. The van der Waals surface area contributed by atoms with E-state index in [4.69, 9.17) is 21.4 Å². The van der Waals surface area contributed by atoms with Gasteiger partial charge in [0.2, 0.25) is 0 Å². The van der Waals surface area contributed by atoms with Crippen molar-refractivity contribution in [3.63, 3.8) is 0 Å². The van der Waals surface area contributed by atoms with Gasteiger partial charge in [-0.05, 0) is 31.3 Å². The van der Waals surface area contributed by atoms with E-state index >= 15 is 0 Å². The molecule has 2 rings (SSSR count). The third-order valence-corrected chi connectivity index (χ3v) is 4.88. The number of carboxylic acids is 1. The van der Waals surface area contributed by atoms with E-state index in [1.54, 1.807) is 4.90 Å². The van der Waals surface area contributed by atoms with Crippen LogP contribution in [0.15, 0.2) is 29.2 Å². The third-order valence-electron chi connectivity index (χ3n) is 3.63. The fourth-order valence-electron chi connectivity index (χ4n) is 2.56. The van der Waals surface area contributed by atoms with Crippen LogP contribution in [0.5, 0.6) is 0 Å². The summed E-state index contributed by atoms with van der Waals surface area (Å²) in [5.74, 6) is 0.207. The number of halogens is 1. The highest BCUT2D eigenvalue weighted by molar-refractivity contribution is 7.99. The van der Waals surface area contributed by atoms with Crippen LogP contribution in [0.3, 0.4) is 0 Å². The topological polar surface area (TPSA) is 53.0 Å². The molecule has 1 aromatic carbocycles. The number of rotatable bonds is 8. The van der Waals surface area contributed by atoms with Crippen LogP contribution < -0.4 is 0 Å². The molecule has 0 amide bonds. The van der Waals surface area contributed by atoms with Crippen LogP contribution in [0.4, 0.5) is 0 Å². The van der Waals surface area contributed by atoms with Crippen molar-refractivity contribution in [2.45, 2.75) is 11.0 Å². The summed E-state index contributed by atoms with van der Waals surface area (Å²) in [6.45, 7) is 4.18. The minimum Gasteiger partial charge on any atom is -0.480 e. The molecule has 0 bridgehead atoms. The summed E-state index contributed by atoms with van der Waals surface area (Å²) < 4.78 is 5.74. The fourth-order valence-corrected chi connectivity index (χ4v) is 3.60. The zero-order valence-corrected chi connectivity index (χ0v) is 14.9. The van der Waals surface area contributed by atoms with Crippen molar-refractivity contribution >= 4 is 29.3 Å². The van der Waals surface area contributed by atoms with Gasteiger partial charge in [-0.2, -0.15) is 0 Å². The smallest absolute Gasteiger partial charge is 0.317 e. The number of hydrogen-bond donors (Lipinski definition) is 1. The number of aliphatic carboxylic acids is 1. The lowest BCUT2D eigenvalue weighted by atomic mass is 10.2. The first-order chi connectivity index (χ1) is 11.0. The molecule has 1 N–H and O–H groups in total. The number of hydrogen-bond acceptors (Lipinski definition) is 5. The first-order valence-electron chi connectivity index (χ1n) is 7.65. The van der Waals surface area contributed by atoms with Crippen LogP contribution in [0, 0.1) is 0 Å². The van der Waals surface area contributed by atoms with Gasteiger partial charge in [0.05, 0.1) is 19.3 Å². The Morgan fingerprint density at radius 2 is 2.22 bits per heavy atom. The van der Waals surface area contributed by atoms with E-state index in [-0.39, 0.29) is 12.6 Å². The lowest BCUT2D eigenvalue weighted by molar-refractivity contribution is -0.138. The van der Waals surface area contributed by atoms with Gasteiger partial charge in [0.15, 0.2) is 0 Å². The maximum atomic E-state index is 10.7. The Bertz CT molecular complexity index is 501. The highest BCUT2D eigenvalue weighted by Gasteiger charge is 2.22. The Kier molecular flexibility index (Phi) is 7.65. The van der Waals surface area contributed by atoms with Gasteiger partial charge < -0.3 is 9.84 Å². The van der Waals surface area contributed by atoms with E-state index in [0.717, 1.165) is 30.4 Å². The molecule has 0 aromatic heterocycles. The monoisotopic (exact) mass is 358 g/mol. The Hall–Kier alpha value is -0.790. The molecule has 1 aliphatic rings. The summed E-state index contributed by atoms with van der Waals surface area (Å²) in [7, 11) is 1.81. The zero-order chi connectivity index (χ0) is 16.7. The number of benzene rings is 1. The molecule has 5 nitrogen and oxygen atoms in total. The zero-order valence-electron chi connectivity index (χ0n) is 13.3. The van der Waals surface area contributed by atoms with Crippen molar-refractivity contribution < 1.29 is 14.6 Å². The van der Waals surface area contributed by atoms with Gasteiger partial charge in [0.25, 0.3) is 0 Å². The fraction of sp³-hybridized carbons (Fsp3) is 0.562. The quantitative estimate of drug-likeness (QED) is 0.719. The Morgan fingerprint density at radius 1 is 1.48 bits per heavy atom. The number of carbonyl (C=O) groups is 1. The average Bonchev–Trinajstić information content (AvgIpc) is 2.49. The number of thioether (sulfide) groups is 1. The van der Waals surface area contributed by atoms with E-state index < -0.39 is 5.97 Å².